The topological polar surface area (TPSA) is 28.2 Å². The van der Waals surface area contributed by atoms with Gasteiger partial charge in [0, 0.05) is 25.3 Å². The molecule has 3 rings (SSSR count). The summed E-state index contributed by atoms with van der Waals surface area (Å²) in [6.45, 7) is 3.73. The van der Waals surface area contributed by atoms with Gasteiger partial charge in [-0.05, 0) is 31.4 Å². The molecule has 3 unspecified atom stereocenters. The maximum Gasteiger partial charge on any atom is 0.0718 e. The van der Waals surface area contributed by atoms with Crippen LogP contribution in [0.25, 0.3) is 0 Å². The Morgan fingerprint density at radius 3 is 3.12 bits per heavy atom. The number of anilines is 1. The van der Waals surface area contributed by atoms with Crippen molar-refractivity contribution in [2.75, 3.05) is 25.0 Å². The standard InChI is InChI=1S/C12H16ClN3/c13-10-1-4-14-7-12(10)15-11-3-6-16-5-2-9(11)8-16/h1,4,7,9,11,15H,2-3,5-6,8H2. The van der Waals surface area contributed by atoms with Crippen LogP contribution in [0, 0.1) is 5.92 Å². The van der Waals surface area contributed by atoms with Gasteiger partial charge in [-0.3, -0.25) is 4.98 Å². The predicted octanol–water partition coefficient (Wildman–Crippen LogP) is 2.24. The maximum absolute atomic E-state index is 6.13. The maximum atomic E-state index is 6.13. The van der Waals surface area contributed by atoms with E-state index in [-0.39, 0.29) is 0 Å². The molecule has 0 radical (unpaired) electrons. The van der Waals surface area contributed by atoms with E-state index in [4.69, 9.17) is 11.6 Å². The fraction of sp³-hybridized carbons (Fsp3) is 0.583. The van der Waals surface area contributed by atoms with Crippen LogP contribution in [0.2, 0.25) is 5.02 Å². The minimum absolute atomic E-state index is 0.570. The highest BCUT2D eigenvalue weighted by molar-refractivity contribution is 6.33. The van der Waals surface area contributed by atoms with Crippen molar-refractivity contribution < 1.29 is 0 Å². The third-order valence-electron chi connectivity index (χ3n) is 3.74. The van der Waals surface area contributed by atoms with Gasteiger partial charge in [0.15, 0.2) is 0 Å². The molecular weight excluding hydrogens is 222 g/mol. The minimum Gasteiger partial charge on any atom is -0.379 e. The second-order valence-electron chi connectivity index (χ2n) is 4.74. The van der Waals surface area contributed by atoms with E-state index in [1.807, 2.05) is 12.3 Å². The smallest absolute Gasteiger partial charge is 0.0718 e. The Bertz CT molecular complexity index is 382. The van der Waals surface area contributed by atoms with Crippen molar-refractivity contribution in [1.82, 2.24) is 9.88 Å². The van der Waals surface area contributed by atoms with Crippen molar-refractivity contribution in [3.63, 3.8) is 0 Å². The molecule has 16 heavy (non-hydrogen) atoms. The van der Waals surface area contributed by atoms with Crippen LogP contribution in [-0.4, -0.2) is 35.6 Å². The van der Waals surface area contributed by atoms with Crippen LogP contribution >= 0.6 is 11.6 Å². The summed E-state index contributed by atoms with van der Waals surface area (Å²) in [5.41, 5.74) is 0.981. The molecule has 2 bridgehead atoms. The van der Waals surface area contributed by atoms with Gasteiger partial charge in [-0.2, -0.15) is 0 Å². The molecule has 86 valence electrons. The number of piperidine rings is 1. The van der Waals surface area contributed by atoms with Gasteiger partial charge in [0.05, 0.1) is 16.9 Å². The third-order valence-corrected chi connectivity index (χ3v) is 4.07. The molecule has 4 heteroatoms. The van der Waals surface area contributed by atoms with E-state index in [1.54, 1.807) is 6.20 Å². The number of pyridine rings is 1. The zero-order valence-electron chi connectivity index (χ0n) is 9.19. The quantitative estimate of drug-likeness (QED) is 0.855. The van der Waals surface area contributed by atoms with Crippen LogP contribution < -0.4 is 5.32 Å². The van der Waals surface area contributed by atoms with E-state index in [1.165, 1.54) is 32.5 Å². The summed E-state index contributed by atoms with van der Waals surface area (Å²) >= 11 is 6.13. The van der Waals surface area contributed by atoms with Gasteiger partial charge < -0.3 is 10.2 Å². The molecule has 0 saturated carbocycles. The fourth-order valence-electron chi connectivity index (χ4n) is 2.82. The van der Waals surface area contributed by atoms with Crippen molar-refractivity contribution in [3.8, 4) is 0 Å². The molecule has 2 fully saturated rings. The molecule has 2 aliphatic heterocycles. The van der Waals surface area contributed by atoms with Crippen LogP contribution in [0.3, 0.4) is 0 Å². The van der Waals surface area contributed by atoms with Crippen LogP contribution in [0.5, 0.6) is 0 Å². The Balaban J connectivity index is 1.73. The summed E-state index contributed by atoms with van der Waals surface area (Å²) in [5.74, 6) is 0.782. The molecule has 1 N–H and O–H groups in total. The largest absolute Gasteiger partial charge is 0.379 e. The molecule has 2 saturated heterocycles. The SMILES string of the molecule is Clc1ccncc1NC1CCN2CCC1C2. The Morgan fingerprint density at radius 1 is 1.38 bits per heavy atom. The Kier molecular flexibility index (Phi) is 2.74. The van der Waals surface area contributed by atoms with E-state index in [9.17, 15) is 0 Å². The zero-order chi connectivity index (χ0) is 11.0. The number of nitrogens with one attached hydrogen (secondary N) is 1. The van der Waals surface area contributed by atoms with E-state index in [2.05, 4.69) is 15.2 Å². The van der Waals surface area contributed by atoms with Gasteiger partial charge in [-0.25, -0.2) is 0 Å². The number of hydrogen-bond donors (Lipinski definition) is 1. The third kappa shape index (κ3) is 1.89. The monoisotopic (exact) mass is 237 g/mol. The lowest BCUT2D eigenvalue weighted by Crippen LogP contribution is -2.39. The lowest BCUT2D eigenvalue weighted by Gasteiger charge is -2.31. The zero-order valence-corrected chi connectivity index (χ0v) is 9.95. The number of rotatable bonds is 2. The molecule has 3 atom stereocenters. The predicted molar refractivity (Wildman–Crippen MR) is 65.8 cm³/mol. The molecule has 2 aliphatic rings. The summed E-state index contributed by atoms with van der Waals surface area (Å²) in [7, 11) is 0. The number of aromatic nitrogens is 1. The molecule has 3 nitrogen and oxygen atoms in total. The number of nitrogens with zero attached hydrogens (tertiary/aromatic N) is 2. The van der Waals surface area contributed by atoms with Crippen molar-refractivity contribution in [3.05, 3.63) is 23.5 Å². The average Bonchev–Trinajstić information content (AvgIpc) is 2.68. The Morgan fingerprint density at radius 2 is 2.25 bits per heavy atom. The second kappa shape index (κ2) is 4.22. The first kappa shape index (κ1) is 10.4. The van der Waals surface area contributed by atoms with Crippen LogP contribution in [0.4, 0.5) is 5.69 Å². The lowest BCUT2D eigenvalue weighted by molar-refractivity contribution is 0.255. The summed E-state index contributed by atoms with van der Waals surface area (Å²) < 4.78 is 0. The van der Waals surface area contributed by atoms with Crippen molar-refractivity contribution >= 4 is 17.3 Å². The van der Waals surface area contributed by atoms with Crippen molar-refractivity contribution in [2.24, 2.45) is 5.92 Å². The summed E-state index contributed by atoms with van der Waals surface area (Å²) in [6, 6.07) is 2.41. The minimum atomic E-state index is 0.570. The molecule has 0 aromatic carbocycles. The summed E-state index contributed by atoms with van der Waals surface area (Å²) in [4.78, 5) is 6.66. The van der Waals surface area contributed by atoms with E-state index in [0.717, 1.165) is 16.6 Å². The molecule has 1 aromatic rings. The molecule has 0 aliphatic carbocycles. The van der Waals surface area contributed by atoms with E-state index >= 15 is 0 Å². The van der Waals surface area contributed by atoms with Gasteiger partial charge in [-0.15, -0.1) is 0 Å². The number of hydrogen-bond acceptors (Lipinski definition) is 3. The lowest BCUT2D eigenvalue weighted by atomic mass is 9.94. The number of halogens is 1. The highest BCUT2D eigenvalue weighted by atomic mass is 35.5. The first-order chi connectivity index (χ1) is 7.83. The highest BCUT2D eigenvalue weighted by Gasteiger charge is 2.34. The second-order valence-corrected chi connectivity index (χ2v) is 5.15. The van der Waals surface area contributed by atoms with Crippen molar-refractivity contribution in [2.45, 2.75) is 18.9 Å². The van der Waals surface area contributed by atoms with Gasteiger partial charge in [0.25, 0.3) is 0 Å². The van der Waals surface area contributed by atoms with Crippen LogP contribution in [0.15, 0.2) is 18.5 Å². The molecule has 1 aromatic heterocycles. The molecular formula is C12H16ClN3. The van der Waals surface area contributed by atoms with Gasteiger partial charge in [-0.1, -0.05) is 11.6 Å². The fourth-order valence-corrected chi connectivity index (χ4v) is 2.98. The average molecular weight is 238 g/mol. The Labute approximate surface area is 101 Å². The van der Waals surface area contributed by atoms with Crippen molar-refractivity contribution in [1.29, 1.82) is 0 Å². The van der Waals surface area contributed by atoms with Gasteiger partial charge in [0.2, 0.25) is 0 Å². The molecule has 0 spiro atoms. The van der Waals surface area contributed by atoms with Crippen LogP contribution in [0.1, 0.15) is 12.8 Å². The van der Waals surface area contributed by atoms with Gasteiger partial charge in [0.1, 0.15) is 0 Å². The van der Waals surface area contributed by atoms with Crippen LogP contribution in [-0.2, 0) is 0 Å². The van der Waals surface area contributed by atoms with E-state index in [0.29, 0.717) is 6.04 Å². The summed E-state index contributed by atoms with van der Waals surface area (Å²) in [5, 5.41) is 4.33. The van der Waals surface area contributed by atoms with Gasteiger partial charge >= 0.3 is 0 Å². The number of fused-ring (bicyclic) bond motifs is 2. The normalized spacial score (nSPS) is 32.7. The van der Waals surface area contributed by atoms with E-state index < -0.39 is 0 Å². The Hall–Kier alpha value is -0.800. The molecule has 0 amide bonds. The highest BCUT2D eigenvalue weighted by Crippen LogP contribution is 2.30. The molecule has 3 heterocycles. The first-order valence-corrected chi connectivity index (χ1v) is 6.29. The first-order valence-electron chi connectivity index (χ1n) is 5.91. The summed E-state index contributed by atoms with van der Waals surface area (Å²) in [6.07, 6.45) is 6.08.